The zero-order chi connectivity index (χ0) is 15.9. The lowest BCUT2D eigenvalue weighted by Crippen LogP contribution is -2.40. The molecule has 0 bridgehead atoms. The van der Waals surface area contributed by atoms with E-state index in [9.17, 15) is 4.79 Å². The summed E-state index contributed by atoms with van der Waals surface area (Å²) >= 11 is 2.04. The Hall–Kier alpha value is -1.28. The van der Waals surface area contributed by atoms with Crippen molar-refractivity contribution < 1.29 is 4.79 Å². The summed E-state index contributed by atoms with van der Waals surface area (Å²) in [5.41, 5.74) is 8.14. The molecule has 0 saturated carbocycles. The van der Waals surface area contributed by atoms with Crippen LogP contribution in [0.5, 0.6) is 0 Å². The van der Waals surface area contributed by atoms with Crippen LogP contribution in [0, 0.1) is 0 Å². The predicted molar refractivity (Wildman–Crippen MR) is 95.9 cm³/mol. The number of rotatable bonds is 5. The number of benzene rings is 1. The second-order valence-corrected chi connectivity index (χ2v) is 7.18. The Kier molecular flexibility index (Phi) is 6.15. The average molecular weight is 335 g/mol. The molecule has 0 radical (unpaired) electrons. The van der Waals surface area contributed by atoms with E-state index in [0.717, 1.165) is 31.7 Å². The average Bonchev–Trinajstić information content (AvgIpc) is 3.08. The van der Waals surface area contributed by atoms with E-state index in [1.54, 1.807) is 0 Å². The Bertz CT molecular complexity index is 498. The molecule has 1 aromatic rings. The van der Waals surface area contributed by atoms with E-state index in [2.05, 4.69) is 38.5 Å². The maximum Gasteiger partial charge on any atom is 0.319 e. The van der Waals surface area contributed by atoms with Gasteiger partial charge in [-0.3, -0.25) is 10.9 Å². The summed E-state index contributed by atoms with van der Waals surface area (Å²) < 4.78 is 0. The highest BCUT2D eigenvalue weighted by Crippen LogP contribution is 2.13. The summed E-state index contributed by atoms with van der Waals surface area (Å²) in [4.78, 5) is 14.4. The van der Waals surface area contributed by atoms with Gasteiger partial charge in [-0.1, -0.05) is 12.1 Å². The molecule has 2 amide bonds. The van der Waals surface area contributed by atoms with Gasteiger partial charge in [-0.25, -0.2) is 4.79 Å². The molecule has 4 N–H and O–H groups in total. The van der Waals surface area contributed by atoms with Crippen LogP contribution >= 0.6 is 11.8 Å². The van der Waals surface area contributed by atoms with Gasteiger partial charge in [0, 0.05) is 49.9 Å². The van der Waals surface area contributed by atoms with E-state index in [-0.39, 0.29) is 12.1 Å². The number of hydrazine groups is 1. The van der Waals surface area contributed by atoms with Gasteiger partial charge in [0.2, 0.25) is 0 Å². The summed E-state index contributed by atoms with van der Waals surface area (Å²) in [6.45, 7) is 5.03. The number of urea groups is 1. The predicted octanol–water partition coefficient (Wildman–Crippen LogP) is 0.876. The van der Waals surface area contributed by atoms with Gasteiger partial charge in [0.15, 0.2) is 0 Å². The highest BCUT2D eigenvalue weighted by molar-refractivity contribution is 7.99. The number of hydrogen-bond donors (Lipinski definition) is 4. The molecule has 2 fully saturated rings. The third-order valence-corrected chi connectivity index (χ3v) is 5.13. The number of carbonyl (C=O) groups is 1. The molecule has 2 aliphatic heterocycles. The largest absolute Gasteiger partial charge is 0.332 e. The summed E-state index contributed by atoms with van der Waals surface area (Å²) in [5.74, 6) is 2.51. The van der Waals surface area contributed by atoms with Gasteiger partial charge in [-0.05, 0) is 24.1 Å². The number of anilines is 1. The highest BCUT2D eigenvalue weighted by Gasteiger charge is 2.16. The first kappa shape index (κ1) is 16.6. The highest BCUT2D eigenvalue weighted by atomic mass is 32.2. The molecule has 7 heteroatoms. The molecular formula is C16H25N5OS. The summed E-state index contributed by atoms with van der Waals surface area (Å²) in [5, 5.41) is 5.81. The van der Waals surface area contributed by atoms with Crippen molar-refractivity contribution in [1.29, 1.82) is 0 Å². The molecule has 6 nitrogen and oxygen atoms in total. The molecule has 0 aromatic heterocycles. The fourth-order valence-electron chi connectivity index (χ4n) is 2.78. The molecular weight excluding hydrogens is 310 g/mol. The first-order chi connectivity index (χ1) is 11.3. The van der Waals surface area contributed by atoms with Crippen molar-refractivity contribution in [1.82, 2.24) is 21.1 Å². The molecule has 2 saturated heterocycles. The number of nitrogens with zero attached hydrogens (tertiary/aromatic N) is 1. The molecule has 1 aromatic carbocycles. The van der Waals surface area contributed by atoms with E-state index in [4.69, 9.17) is 0 Å². The number of nitrogens with one attached hydrogen (secondary N) is 4. The maximum absolute atomic E-state index is 11.9. The molecule has 0 unspecified atom stereocenters. The van der Waals surface area contributed by atoms with E-state index >= 15 is 0 Å². The van der Waals surface area contributed by atoms with E-state index in [1.165, 1.54) is 30.2 Å². The number of carbonyl (C=O) groups excluding carboxylic acids is 1. The van der Waals surface area contributed by atoms with Crippen molar-refractivity contribution in [2.75, 3.05) is 49.5 Å². The quantitative estimate of drug-likeness (QED) is 0.643. The van der Waals surface area contributed by atoms with Crippen molar-refractivity contribution >= 4 is 23.5 Å². The monoisotopic (exact) mass is 335 g/mol. The molecule has 2 aliphatic rings. The zero-order valence-corrected chi connectivity index (χ0v) is 14.1. The fraction of sp³-hybridized carbons (Fsp3) is 0.562. The lowest BCUT2D eigenvalue weighted by molar-refractivity contribution is 0.249. The summed E-state index contributed by atoms with van der Waals surface area (Å²) in [6.07, 6.45) is 1.07. The van der Waals surface area contributed by atoms with Crippen LogP contribution in [0.3, 0.4) is 0 Å². The van der Waals surface area contributed by atoms with Crippen LogP contribution in [-0.2, 0) is 6.42 Å². The second kappa shape index (κ2) is 8.54. The Morgan fingerprint density at radius 3 is 2.57 bits per heavy atom. The first-order valence-corrected chi connectivity index (χ1v) is 9.37. The van der Waals surface area contributed by atoms with Crippen LogP contribution in [0.1, 0.15) is 5.56 Å². The minimum absolute atomic E-state index is 0.136. The standard InChI is InChI=1S/C16H25N5OS/c22-16(20-15-11-17-18-12-15)19-14-3-1-13(2-4-14)5-6-21-7-9-23-10-8-21/h1-4,15,17-18H,5-12H2,(H2,19,20,22). The van der Waals surface area contributed by atoms with Gasteiger partial charge in [0.25, 0.3) is 0 Å². The Morgan fingerprint density at radius 1 is 1.17 bits per heavy atom. The molecule has 2 heterocycles. The minimum Gasteiger partial charge on any atom is -0.332 e. The van der Waals surface area contributed by atoms with Crippen molar-refractivity contribution in [2.45, 2.75) is 12.5 Å². The zero-order valence-electron chi connectivity index (χ0n) is 13.3. The smallest absolute Gasteiger partial charge is 0.319 e. The molecule has 0 aliphatic carbocycles. The molecule has 0 spiro atoms. The van der Waals surface area contributed by atoms with Gasteiger partial charge >= 0.3 is 6.03 Å². The summed E-state index contributed by atoms with van der Waals surface area (Å²) in [6, 6.07) is 8.15. The van der Waals surface area contributed by atoms with Crippen LogP contribution in [0.4, 0.5) is 10.5 Å². The number of amides is 2. The lowest BCUT2D eigenvalue weighted by atomic mass is 10.1. The third kappa shape index (κ3) is 5.39. The number of hydrogen-bond acceptors (Lipinski definition) is 5. The van der Waals surface area contributed by atoms with Crippen molar-refractivity contribution in [3.8, 4) is 0 Å². The second-order valence-electron chi connectivity index (χ2n) is 5.96. The number of thioether (sulfide) groups is 1. The summed E-state index contributed by atoms with van der Waals surface area (Å²) in [7, 11) is 0. The van der Waals surface area contributed by atoms with Gasteiger partial charge in [0.1, 0.15) is 0 Å². The van der Waals surface area contributed by atoms with Crippen molar-refractivity contribution in [3.05, 3.63) is 29.8 Å². The maximum atomic E-state index is 11.9. The van der Waals surface area contributed by atoms with Crippen molar-refractivity contribution in [2.24, 2.45) is 0 Å². The van der Waals surface area contributed by atoms with Crippen LogP contribution in [0.2, 0.25) is 0 Å². The Balaban J connectivity index is 1.41. The Labute approximate surface area is 141 Å². The Morgan fingerprint density at radius 2 is 1.87 bits per heavy atom. The van der Waals surface area contributed by atoms with Gasteiger partial charge in [0.05, 0.1) is 6.04 Å². The van der Waals surface area contributed by atoms with Crippen molar-refractivity contribution in [3.63, 3.8) is 0 Å². The van der Waals surface area contributed by atoms with E-state index in [0.29, 0.717) is 0 Å². The van der Waals surface area contributed by atoms with Gasteiger partial charge < -0.3 is 15.5 Å². The molecule has 3 rings (SSSR count). The third-order valence-electron chi connectivity index (χ3n) is 4.19. The topological polar surface area (TPSA) is 68.4 Å². The van der Waals surface area contributed by atoms with Crippen LogP contribution in [0.15, 0.2) is 24.3 Å². The van der Waals surface area contributed by atoms with Crippen LogP contribution < -0.4 is 21.5 Å². The molecule has 126 valence electrons. The fourth-order valence-corrected chi connectivity index (χ4v) is 3.76. The SMILES string of the molecule is O=C(Nc1ccc(CCN2CCSCC2)cc1)NC1CNNC1. The van der Waals surface area contributed by atoms with Crippen LogP contribution in [-0.4, -0.2) is 61.2 Å². The van der Waals surface area contributed by atoms with Crippen LogP contribution in [0.25, 0.3) is 0 Å². The first-order valence-electron chi connectivity index (χ1n) is 8.22. The van der Waals surface area contributed by atoms with Gasteiger partial charge in [-0.15, -0.1) is 0 Å². The van der Waals surface area contributed by atoms with E-state index in [1.807, 2.05) is 23.9 Å². The van der Waals surface area contributed by atoms with Gasteiger partial charge in [-0.2, -0.15) is 11.8 Å². The van der Waals surface area contributed by atoms with E-state index < -0.39 is 0 Å². The molecule has 23 heavy (non-hydrogen) atoms. The normalized spacial score (nSPS) is 19.7. The minimum atomic E-state index is -0.154. The molecule has 0 atom stereocenters. The lowest BCUT2D eigenvalue weighted by Gasteiger charge is -2.26.